The van der Waals surface area contributed by atoms with Crippen LogP contribution in [0.15, 0.2) is 35.1 Å². The molecule has 0 amide bonds. The summed E-state index contributed by atoms with van der Waals surface area (Å²) in [6.07, 6.45) is 7.56. The van der Waals surface area contributed by atoms with Crippen molar-refractivity contribution in [3.8, 4) is 0 Å². The molecule has 52 valence electrons. The first-order valence-corrected chi connectivity index (χ1v) is 3.56. The Bertz CT molecular complexity index is 237. The maximum absolute atomic E-state index is 5.08. The van der Waals surface area contributed by atoms with E-state index in [1.165, 1.54) is 16.9 Å². The minimum atomic E-state index is 0.854. The van der Waals surface area contributed by atoms with Crippen LogP contribution in [-0.4, -0.2) is 6.61 Å². The van der Waals surface area contributed by atoms with Crippen molar-refractivity contribution in [1.29, 1.82) is 0 Å². The summed E-state index contributed by atoms with van der Waals surface area (Å²) in [5, 5.41) is 0. The van der Waals surface area contributed by atoms with E-state index >= 15 is 0 Å². The second-order valence-electron chi connectivity index (χ2n) is 2.72. The van der Waals surface area contributed by atoms with Gasteiger partial charge in [-0.2, -0.15) is 0 Å². The minimum Gasteiger partial charge on any atom is -0.486 e. The highest BCUT2D eigenvalue weighted by molar-refractivity contribution is 5.38. The molecule has 2 rings (SSSR count). The van der Waals surface area contributed by atoms with Gasteiger partial charge in [-0.05, 0) is 18.9 Å². The topological polar surface area (TPSA) is 12.5 Å². The number of hydrogen-bond donors (Lipinski definition) is 0. The largest absolute Gasteiger partial charge is 0.486 e. The Morgan fingerprint density at radius 1 is 1.40 bits per heavy atom. The van der Waals surface area contributed by atoms with Crippen molar-refractivity contribution < 1.29 is 4.74 Å². The predicted molar refractivity (Wildman–Crippen MR) is 40.5 cm³/mol. The summed E-state index contributed by atoms with van der Waals surface area (Å²) in [7, 11) is 0. The highest BCUT2D eigenvalue weighted by Gasteiger charge is 2.18. The first-order chi connectivity index (χ1) is 4.86. The van der Waals surface area contributed by atoms with E-state index in [0.29, 0.717) is 0 Å². The molecule has 0 atom stereocenters. The molecule has 0 unspecified atom stereocenters. The first-order valence-electron chi connectivity index (χ1n) is 3.56. The van der Waals surface area contributed by atoms with Gasteiger partial charge in [0.15, 0.2) is 0 Å². The van der Waals surface area contributed by atoms with E-state index in [0.717, 1.165) is 13.0 Å². The lowest BCUT2D eigenvalue weighted by molar-refractivity contribution is 0.507. The lowest BCUT2D eigenvalue weighted by Gasteiger charge is -2.01. The smallest absolute Gasteiger partial charge is 0.145 e. The number of ether oxygens (including phenoxy) is 1. The normalized spacial score (nSPS) is 29.5. The Hall–Kier alpha value is -0.980. The van der Waals surface area contributed by atoms with Gasteiger partial charge < -0.3 is 4.74 Å². The van der Waals surface area contributed by atoms with Gasteiger partial charge in [0.2, 0.25) is 0 Å². The fourth-order valence-electron chi connectivity index (χ4n) is 1.07. The second-order valence-corrected chi connectivity index (χ2v) is 2.72. The zero-order valence-corrected chi connectivity index (χ0v) is 6.05. The van der Waals surface area contributed by atoms with E-state index in [2.05, 4.69) is 25.2 Å². The predicted octanol–water partition coefficient (Wildman–Crippen LogP) is 2.18. The highest BCUT2D eigenvalue weighted by atomic mass is 16.6. The molecular weight excluding hydrogens is 124 g/mol. The molecule has 0 aromatic rings. The molecule has 1 aliphatic carbocycles. The molecule has 2 aliphatic rings. The van der Waals surface area contributed by atoms with Crippen LogP contribution in [0.5, 0.6) is 0 Å². The molecule has 1 heteroatoms. The van der Waals surface area contributed by atoms with Crippen molar-refractivity contribution in [1.82, 2.24) is 0 Å². The molecule has 0 spiro atoms. The molecule has 0 saturated carbocycles. The fourth-order valence-corrected chi connectivity index (χ4v) is 1.07. The highest BCUT2D eigenvalue weighted by Crippen LogP contribution is 2.26. The lowest BCUT2D eigenvalue weighted by atomic mass is 10.0. The fraction of sp³-hybridized carbons (Fsp3) is 0.333. The van der Waals surface area contributed by atoms with Crippen LogP contribution in [0.25, 0.3) is 0 Å². The zero-order chi connectivity index (χ0) is 6.97. The molecule has 0 aromatic carbocycles. The monoisotopic (exact) mass is 134 g/mol. The van der Waals surface area contributed by atoms with E-state index < -0.39 is 0 Å². The van der Waals surface area contributed by atoms with E-state index in [1.807, 2.05) is 0 Å². The van der Waals surface area contributed by atoms with Crippen molar-refractivity contribution in [2.24, 2.45) is 0 Å². The number of epoxide rings is 1. The Morgan fingerprint density at radius 2 is 2.20 bits per heavy atom. The molecule has 1 heterocycles. The van der Waals surface area contributed by atoms with Gasteiger partial charge in [0, 0.05) is 0 Å². The standard InChI is InChI=1S/C9H10O/c1-7-2-4-8(5-3-7)9-6-10-9/h2-4H,5-6H2,1H3. The van der Waals surface area contributed by atoms with Crippen LogP contribution in [0.2, 0.25) is 0 Å². The van der Waals surface area contributed by atoms with Gasteiger partial charge in [0.1, 0.15) is 12.4 Å². The summed E-state index contributed by atoms with van der Waals surface area (Å²) < 4.78 is 5.08. The average Bonchev–Trinajstić information content (AvgIpc) is 2.71. The molecule has 1 fully saturated rings. The van der Waals surface area contributed by atoms with Gasteiger partial charge in [-0.1, -0.05) is 23.8 Å². The van der Waals surface area contributed by atoms with Crippen LogP contribution in [0, 0.1) is 0 Å². The Morgan fingerprint density at radius 3 is 2.70 bits per heavy atom. The van der Waals surface area contributed by atoms with Crippen LogP contribution < -0.4 is 0 Å². The molecule has 10 heavy (non-hydrogen) atoms. The third-order valence-corrected chi connectivity index (χ3v) is 1.84. The van der Waals surface area contributed by atoms with Gasteiger partial charge in [-0.25, -0.2) is 0 Å². The SMILES string of the molecule is CC1=CCC(=C2CO2)C=C1. The number of hydrogen-bond acceptors (Lipinski definition) is 1. The summed E-state index contributed by atoms with van der Waals surface area (Å²) in [6.45, 7) is 2.97. The maximum Gasteiger partial charge on any atom is 0.145 e. The van der Waals surface area contributed by atoms with Crippen molar-refractivity contribution in [3.63, 3.8) is 0 Å². The quantitative estimate of drug-likeness (QED) is 0.462. The van der Waals surface area contributed by atoms with Gasteiger partial charge in [-0.15, -0.1) is 0 Å². The van der Waals surface area contributed by atoms with E-state index in [-0.39, 0.29) is 0 Å². The van der Waals surface area contributed by atoms with Crippen LogP contribution in [0.3, 0.4) is 0 Å². The summed E-state index contributed by atoms with van der Waals surface area (Å²) in [4.78, 5) is 0. The van der Waals surface area contributed by atoms with Crippen LogP contribution >= 0.6 is 0 Å². The lowest BCUT2D eigenvalue weighted by Crippen LogP contribution is -1.84. The molecule has 1 nitrogen and oxygen atoms in total. The molecule has 1 saturated heterocycles. The second kappa shape index (κ2) is 2.01. The molecule has 0 N–H and O–H groups in total. The van der Waals surface area contributed by atoms with E-state index in [1.54, 1.807) is 0 Å². The van der Waals surface area contributed by atoms with Crippen molar-refractivity contribution in [2.75, 3.05) is 6.61 Å². The average molecular weight is 134 g/mol. The van der Waals surface area contributed by atoms with Crippen LogP contribution in [-0.2, 0) is 4.74 Å². The molecule has 1 aliphatic heterocycles. The number of rotatable bonds is 0. The summed E-state index contributed by atoms with van der Waals surface area (Å²) in [5.41, 5.74) is 2.70. The van der Waals surface area contributed by atoms with Gasteiger partial charge in [0.25, 0.3) is 0 Å². The third-order valence-electron chi connectivity index (χ3n) is 1.84. The van der Waals surface area contributed by atoms with Gasteiger partial charge in [-0.3, -0.25) is 0 Å². The minimum absolute atomic E-state index is 0.854. The zero-order valence-electron chi connectivity index (χ0n) is 6.05. The van der Waals surface area contributed by atoms with E-state index in [4.69, 9.17) is 4.74 Å². The summed E-state index contributed by atoms with van der Waals surface area (Å²) in [5.74, 6) is 1.18. The molecular formula is C9H10O. The summed E-state index contributed by atoms with van der Waals surface area (Å²) >= 11 is 0. The summed E-state index contributed by atoms with van der Waals surface area (Å²) in [6, 6.07) is 0. The Balaban J connectivity index is 2.21. The molecule has 0 radical (unpaired) electrons. The van der Waals surface area contributed by atoms with Crippen LogP contribution in [0.1, 0.15) is 13.3 Å². The first kappa shape index (κ1) is 5.78. The molecule has 0 aromatic heterocycles. The van der Waals surface area contributed by atoms with Crippen molar-refractivity contribution in [2.45, 2.75) is 13.3 Å². The Labute approximate surface area is 60.7 Å². The molecule has 0 bridgehead atoms. The van der Waals surface area contributed by atoms with Crippen LogP contribution in [0.4, 0.5) is 0 Å². The number of allylic oxidation sites excluding steroid dienone is 5. The maximum atomic E-state index is 5.08. The van der Waals surface area contributed by atoms with Crippen molar-refractivity contribution >= 4 is 0 Å². The Kier molecular flexibility index (Phi) is 1.16. The van der Waals surface area contributed by atoms with Gasteiger partial charge >= 0.3 is 0 Å². The third kappa shape index (κ3) is 0.991. The van der Waals surface area contributed by atoms with Gasteiger partial charge in [0.05, 0.1) is 0 Å². The van der Waals surface area contributed by atoms with Crippen molar-refractivity contribution in [3.05, 3.63) is 35.1 Å². The van der Waals surface area contributed by atoms with E-state index in [9.17, 15) is 0 Å².